The van der Waals surface area contributed by atoms with Crippen LogP contribution in [-0.4, -0.2) is 29.1 Å². The van der Waals surface area contributed by atoms with E-state index in [4.69, 9.17) is 4.74 Å². The van der Waals surface area contributed by atoms with Gasteiger partial charge in [0.25, 0.3) is 0 Å². The summed E-state index contributed by atoms with van der Waals surface area (Å²) >= 11 is 0. The molecule has 1 rings (SSSR count). The molecule has 1 aliphatic carbocycles. The van der Waals surface area contributed by atoms with E-state index < -0.39 is 17.5 Å². The molecule has 0 bridgehead atoms. The number of hydrogen-bond acceptors (Lipinski definition) is 4. The van der Waals surface area contributed by atoms with E-state index >= 15 is 0 Å². The highest BCUT2D eigenvalue weighted by molar-refractivity contribution is 5.95. The molecular formula is C12H20O4. The van der Waals surface area contributed by atoms with Gasteiger partial charge in [-0.05, 0) is 26.2 Å². The second kappa shape index (κ2) is 4.95. The second-order valence-corrected chi connectivity index (χ2v) is 4.55. The Hall–Kier alpha value is -0.900. The highest BCUT2D eigenvalue weighted by Crippen LogP contribution is 2.40. The van der Waals surface area contributed by atoms with Crippen molar-refractivity contribution in [2.24, 2.45) is 11.8 Å². The number of carbonyl (C=O) groups excluding carboxylic acids is 2. The predicted molar refractivity (Wildman–Crippen MR) is 58.8 cm³/mol. The van der Waals surface area contributed by atoms with Gasteiger partial charge in [0.15, 0.2) is 5.78 Å². The Labute approximate surface area is 96.0 Å². The molecule has 4 heteroatoms. The fourth-order valence-electron chi connectivity index (χ4n) is 2.49. The van der Waals surface area contributed by atoms with Gasteiger partial charge in [-0.15, -0.1) is 0 Å². The van der Waals surface area contributed by atoms with E-state index in [0.29, 0.717) is 0 Å². The normalized spacial score (nSPS) is 34.1. The van der Waals surface area contributed by atoms with Crippen LogP contribution in [0.3, 0.4) is 0 Å². The second-order valence-electron chi connectivity index (χ2n) is 4.55. The van der Waals surface area contributed by atoms with E-state index in [1.807, 2.05) is 6.92 Å². The van der Waals surface area contributed by atoms with Crippen LogP contribution in [0.5, 0.6) is 0 Å². The van der Waals surface area contributed by atoms with Crippen LogP contribution >= 0.6 is 0 Å². The largest absolute Gasteiger partial charge is 0.466 e. The topological polar surface area (TPSA) is 63.6 Å². The maximum atomic E-state index is 11.8. The van der Waals surface area contributed by atoms with Gasteiger partial charge in [0, 0.05) is 6.42 Å². The first-order valence-electron chi connectivity index (χ1n) is 5.87. The Kier molecular flexibility index (Phi) is 4.08. The molecule has 0 aromatic heterocycles. The summed E-state index contributed by atoms with van der Waals surface area (Å²) in [6.07, 6.45) is 1.94. The first-order valence-corrected chi connectivity index (χ1v) is 5.87. The molecule has 0 heterocycles. The molecule has 1 fully saturated rings. The first-order chi connectivity index (χ1) is 7.45. The Morgan fingerprint density at radius 1 is 1.56 bits per heavy atom. The third-order valence-electron chi connectivity index (χ3n) is 3.29. The Morgan fingerprint density at radius 3 is 2.69 bits per heavy atom. The molecule has 1 aliphatic rings. The molecule has 16 heavy (non-hydrogen) atoms. The van der Waals surface area contributed by atoms with E-state index in [2.05, 4.69) is 0 Å². The average Bonchev–Trinajstić information content (AvgIpc) is 2.38. The fourth-order valence-corrected chi connectivity index (χ4v) is 2.49. The van der Waals surface area contributed by atoms with Crippen molar-refractivity contribution >= 4 is 11.8 Å². The summed E-state index contributed by atoms with van der Waals surface area (Å²) in [5.74, 6) is -1.47. The summed E-state index contributed by atoms with van der Waals surface area (Å²) in [5, 5.41) is 10.1. The lowest BCUT2D eigenvalue weighted by molar-refractivity contribution is -0.160. The summed E-state index contributed by atoms with van der Waals surface area (Å²) in [7, 11) is 0. The third kappa shape index (κ3) is 2.26. The van der Waals surface area contributed by atoms with E-state index in [0.717, 1.165) is 12.8 Å². The molecular weight excluding hydrogens is 208 g/mol. The van der Waals surface area contributed by atoms with Crippen LogP contribution in [0.25, 0.3) is 0 Å². The van der Waals surface area contributed by atoms with Crippen molar-refractivity contribution in [2.45, 2.75) is 45.6 Å². The summed E-state index contributed by atoms with van der Waals surface area (Å²) in [5.41, 5.74) is -1.55. The van der Waals surface area contributed by atoms with Crippen LogP contribution in [0.1, 0.15) is 40.0 Å². The van der Waals surface area contributed by atoms with Gasteiger partial charge in [0.05, 0.1) is 12.5 Å². The lowest BCUT2D eigenvalue weighted by atomic mass is 9.85. The number of aliphatic hydroxyl groups is 1. The van der Waals surface area contributed by atoms with Gasteiger partial charge < -0.3 is 9.84 Å². The highest BCUT2D eigenvalue weighted by atomic mass is 16.5. The van der Waals surface area contributed by atoms with Crippen molar-refractivity contribution in [1.29, 1.82) is 0 Å². The van der Waals surface area contributed by atoms with Crippen molar-refractivity contribution < 1.29 is 19.4 Å². The molecule has 0 aromatic carbocycles. The number of hydrogen-bond donors (Lipinski definition) is 1. The first kappa shape index (κ1) is 13.2. The molecule has 0 aromatic rings. The van der Waals surface area contributed by atoms with Crippen LogP contribution in [0.15, 0.2) is 0 Å². The number of ketones is 1. The Morgan fingerprint density at radius 2 is 2.19 bits per heavy atom. The molecule has 92 valence electrons. The van der Waals surface area contributed by atoms with Crippen molar-refractivity contribution in [3.8, 4) is 0 Å². The van der Waals surface area contributed by atoms with E-state index in [1.54, 1.807) is 6.92 Å². The molecule has 4 nitrogen and oxygen atoms in total. The van der Waals surface area contributed by atoms with Crippen LogP contribution in [0, 0.1) is 11.8 Å². The monoisotopic (exact) mass is 228 g/mol. The van der Waals surface area contributed by atoms with Crippen molar-refractivity contribution in [1.82, 2.24) is 0 Å². The van der Waals surface area contributed by atoms with Crippen molar-refractivity contribution in [3.05, 3.63) is 0 Å². The zero-order valence-corrected chi connectivity index (χ0v) is 10.2. The molecule has 1 N–H and O–H groups in total. The maximum Gasteiger partial charge on any atom is 0.312 e. The zero-order valence-electron chi connectivity index (χ0n) is 10.2. The summed E-state index contributed by atoms with van der Waals surface area (Å²) in [6, 6.07) is 0. The van der Waals surface area contributed by atoms with Gasteiger partial charge in [-0.25, -0.2) is 0 Å². The highest BCUT2D eigenvalue weighted by Gasteiger charge is 2.54. The smallest absolute Gasteiger partial charge is 0.312 e. The molecule has 0 spiro atoms. The van der Waals surface area contributed by atoms with Crippen LogP contribution < -0.4 is 0 Å². The number of rotatable bonds is 4. The number of Topliss-reactive ketones (excluding diaryl/α,β-unsaturated/α-hetero) is 1. The van der Waals surface area contributed by atoms with Gasteiger partial charge in [0.1, 0.15) is 5.60 Å². The van der Waals surface area contributed by atoms with Gasteiger partial charge in [0.2, 0.25) is 0 Å². The molecule has 1 saturated carbocycles. The van der Waals surface area contributed by atoms with Crippen molar-refractivity contribution in [3.63, 3.8) is 0 Å². The molecule has 0 saturated heterocycles. The number of carbonyl (C=O) groups is 2. The van der Waals surface area contributed by atoms with Crippen LogP contribution in [-0.2, 0) is 14.3 Å². The molecule has 0 radical (unpaired) electrons. The lowest BCUT2D eigenvalue weighted by Crippen LogP contribution is -2.43. The number of ether oxygens (including phenoxy) is 1. The van der Waals surface area contributed by atoms with Gasteiger partial charge in [-0.1, -0.05) is 13.3 Å². The predicted octanol–water partition coefficient (Wildman–Crippen LogP) is 1.31. The fraction of sp³-hybridized carbons (Fsp3) is 0.833. The lowest BCUT2D eigenvalue weighted by Gasteiger charge is -2.25. The molecule has 3 atom stereocenters. The Bertz CT molecular complexity index is 283. The SMILES string of the molecule is CCC[C@@H]1CC(=O)[C@](C)(O)[C@H]1C(=O)OCC. The summed E-state index contributed by atoms with van der Waals surface area (Å²) in [6.45, 7) is 5.42. The van der Waals surface area contributed by atoms with Crippen molar-refractivity contribution in [2.75, 3.05) is 6.61 Å². The molecule has 0 amide bonds. The minimum atomic E-state index is -1.55. The summed E-state index contributed by atoms with van der Waals surface area (Å²) in [4.78, 5) is 23.4. The van der Waals surface area contributed by atoms with Gasteiger partial charge >= 0.3 is 5.97 Å². The third-order valence-corrected chi connectivity index (χ3v) is 3.29. The maximum absolute atomic E-state index is 11.8. The quantitative estimate of drug-likeness (QED) is 0.737. The van der Waals surface area contributed by atoms with E-state index in [-0.39, 0.29) is 24.7 Å². The van der Waals surface area contributed by atoms with Gasteiger partial charge in [-0.2, -0.15) is 0 Å². The zero-order chi connectivity index (χ0) is 12.3. The van der Waals surface area contributed by atoms with Crippen LogP contribution in [0.4, 0.5) is 0 Å². The average molecular weight is 228 g/mol. The van der Waals surface area contributed by atoms with Crippen LogP contribution in [0.2, 0.25) is 0 Å². The van der Waals surface area contributed by atoms with E-state index in [1.165, 1.54) is 6.92 Å². The minimum absolute atomic E-state index is 0.0773. The minimum Gasteiger partial charge on any atom is -0.466 e. The number of esters is 1. The summed E-state index contributed by atoms with van der Waals surface area (Å²) < 4.78 is 4.94. The van der Waals surface area contributed by atoms with E-state index in [9.17, 15) is 14.7 Å². The van der Waals surface area contributed by atoms with Gasteiger partial charge in [-0.3, -0.25) is 9.59 Å². The molecule has 0 aliphatic heterocycles. The standard InChI is InChI=1S/C12H20O4/c1-4-6-8-7-9(13)12(3,15)10(8)11(14)16-5-2/h8,10,15H,4-7H2,1-3H3/t8-,10-,12+/m1/s1. The Balaban J connectivity index is 2.88. The molecule has 0 unspecified atom stereocenters.